The Kier molecular flexibility index (Phi) is 6.34. The van der Waals surface area contributed by atoms with E-state index in [9.17, 15) is 4.39 Å². The Hall–Kier alpha value is -1.42. The van der Waals surface area contributed by atoms with Gasteiger partial charge in [-0.2, -0.15) is 0 Å². The third kappa shape index (κ3) is 3.03. The van der Waals surface area contributed by atoms with Crippen molar-refractivity contribution >= 4 is 24.2 Å². The molecule has 3 nitrogen and oxygen atoms in total. The van der Waals surface area contributed by atoms with Crippen LogP contribution in [0.2, 0.25) is 5.02 Å². The summed E-state index contributed by atoms with van der Waals surface area (Å²) in [6.07, 6.45) is 0. The van der Waals surface area contributed by atoms with Crippen molar-refractivity contribution in [2.75, 3.05) is 7.11 Å². The van der Waals surface area contributed by atoms with E-state index < -0.39 is 5.82 Å². The van der Waals surface area contributed by atoms with Crippen LogP contribution in [0.5, 0.6) is 5.75 Å². The van der Waals surface area contributed by atoms with Crippen LogP contribution in [0, 0.1) is 11.2 Å². The maximum atomic E-state index is 13.5. The summed E-state index contributed by atoms with van der Waals surface area (Å²) >= 11 is 5.67. The van der Waals surface area contributed by atoms with Crippen molar-refractivity contribution in [2.45, 2.75) is 13.8 Å². The molecule has 1 aromatic carbocycles. The van der Waals surface area contributed by atoms with Gasteiger partial charge < -0.3 is 4.74 Å². The molecule has 0 amide bonds. The summed E-state index contributed by atoms with van der Waals surface area (Å²) in [4.78, 5) is 3.32. The lowest BCUT2D eigenvalue weighted by atomic mass is 10.2. The topological polar surface area (TPSA) is 45.4 Å². The number of methoxy groups -OCH3 is 1. The highest BCUT2D eigenvalue weighted by Crippen LogP contribution is 2.29. The van der Waals surface area contributed by atoms with E-state index in [-0.39, 0.29) is 22.2 Å². The smallest absolute Gasteiger partial charge is 0.177 e. The Balaban J connectivity index is 0.00000106. The predicted molar refractivity (Wildman–Crippen MR) is 65.7 cm³/mol. The number of hydrogen-bond acceptors (Lipinski definition) is 2. The second-order valence-corrected chi connectivity index (χ2v) is 2.86. The monoisotopic (exact) mass is 244 g/mol. The van der Waals surface area contributed by atoms with Crippen LogP contribution in [-0.4, -0.2) is 19.7 Å². The number of halogens is 2. The number of nitrogens with zero attached hydrogens (tertiary/aromatic N) is 1. The molecule has 0 spiro atoms. The van der Waals surface area contributed by atoms with Gasteiger partial charge in [0.1, 0.15) is 0 Å². The molecule has 0 fully saturated rings. The first-order valence-electron chi connectivity index (χ1n) is 4.69. The molecule has 0 unspecified atom stereocenters. The molecule has 0 radical (unpaired) electrons. The van der Waals surface area contributed by atoms with Crippen LogP contribution in [0.3, 0.4) is 0 Å². The summed E-state index contributed by atoms with van der Waals surface area (Å²) in [6, 6.07) is 2.80. The highest BCUT2D eigenvalue weighted by Gasteiger charge is 2.15. The summed E-state index contributed by atoms with van der Waals surface area (Å²) in [6.45, 7) is 7.14. The SMILES string of the molecule is C=NC(=N)c1ccc(Cl)c(OC)c1F.CC. The molecule has 0 bridgehead atoms. The minimum absolute atomic E-state index is 0.0150. The van der Waals surface area contributed by atoms with Gasteiger partial charge in [-0.25, -0.2) is 9.38 Å². The molecule has 0 aliphatic heterocycles. The van der Waals surface area contributed by atoms with Crippen molar-refractivity contribution in [1.29, 1.82) is 5.41 Å². The summed E-state index contributed by atoms with van der Waals surface area (Å²) in [7, 11) is 1.30. The third-order valence-electron chi connectivity index (χ3n) is 1.67. The minimum atomic E-state index is -0.697. The van der Waals surface area contributed by atoms with E-state index in [2.05, 4.69) is 11.7 Å². The molecule has 0 aliphatic carbocycles. The lowest BCUT2D eigenvalue weighted by molar-refractivity contribution is 0.386. The van der Waals surface area contributed by atoms with E-state index in [1.165, 1.54) is 19.2 Å². The number of amidine groups is 1. The largest absolute Gasteiger partial charge is 0.492 e. The van der Waals surface area contributed by atoms with Gasteiger partial charge in [-0.1, -0.05) is 25.4 Å². The Morgan fingerprint density at radius 2 is 2.06 bits per heavy atom. The van der Waals surface area contributed by atoms with E-state index >= 15 is 0 Å². The molecular weight excluding hydrogens is 231 g/mol. The van der Waals surface area contributed by atoms with Gasteiger partial charge in [-0.3, -0.25) is 5.41 Å². The molecule has 1 aromatic rings. The normalized spacial score (nSPS) is 8.81. The lowest BCUT2D eigenvalue weighted by Crippen LogP contribution is -2.01. The van der Waals surface area contributed by atoms with Gasteiger partial charge in [0.2, 0.25) is 0 Å². The molecular formula is C11H14ClFN2O. The van der Waals surface area contributed by atoms with E-state index in [1.807, 2.05) is 13.8 Å². The van der Waals surface area contributed by atoms with Gasteiger partial charge in [0.15, 0.2) is 17.4 Å². The molecule has 0 atom stereocenters. The number of rotatable bonds is 2. The van der Waals surface area contributed by atoms with Crippen LogP contribution in [0.4, 0.5) is 4.39 Å². The van der Waals surface area contributed by atoms with Crippen LogP contribution in [0.1, 0.15) is 19.4 Å². The standard InChI is InChI=1S/C9H8ClFN2O.C2H6/c1-13-9(12)5-3-4-6(10)8(14-2)7(5)11;1-2/h3-4,12H,1H2,2H3;1-2H3. The predicted octanol–water partition coefficient (Wildman–Crippen LogP) is 3.54. The van der Waals surface area contributed by atoms with Crippen molar-refractivity contribution < 1.29 is 9.13 Å². The zero-order valence-corrected chi connectivity index (χ0v) is 10.2. The Bertz CT molecular complexity index is 394. The van der Waals surface area contributed by atoms with E-state index in [1.54, 1.807) is 0 Å². The fourth-order valence-electron chi connectivity index (χ4n) is 0.988. The Labute approximate surface area is 99.4 Å². The highest BCUT2D eigenvalue weighted by atomic mass is 35.5. The van der Waals surface area contributed by atoms with Gasteiger partial charge in [0.05, 0.1) is 17.7 Å². The molecule has 1 rings (SSSR count). The molecule has 16 heavy (non-hydrogen) atoms. The zero-order valence-electron chi connectivity index (χ0n) is 9.47. The summed E-state index contributed by atoms with van der Waals surface area (Å²) < 4.78 is 18.3. The van der Waals surface area contributed by atoms with Crippen molar-refractivity contribution in [3.05, 3.63) is 28.5 Å². The summed E-state index contributed by atoms with van der Waals surface area (Å²) in [5, 5.41) is 7.45. The molecule has 0 heterocycles. The summed E-state index contributed by atoms with van der Waals surface area (Å²) in [5.74, 6) is -1.03. The van der Waals surface area contributed by atoms with Gasteiger partial charge in [0, 0.05) is 0 Å². The van der Waals surface area contributed by atoms with E-state index in [4.69, 9.17) is 21.7 Å². The second kappa shape index (κ2) is 6.95. The first-order chi connectivity index (χ1) is 7.61. The second-order valence-electron chi connectivity index (χ2n) is 2.45. The number of nitrogens with one attached hydrogen (secondary N) is 1. The number of aliphatic imine (C=N–C) groups is 1. The van der Waals surface area contributed by atoms with Crippen LogP contribution >= 0.6 is 11.6 Å². The molecule has 1 N–H and O–H groups in total. The molecule has 0 saturated heterocycles. The van der Waals surface area contributed by atoms with Crippen molar-refractivity contribution in [3.63, 3.8) is 0 Å². The van der Waals surface area contributed by atoms with Crippen LogP contribution in [0.25, 0.3) is 0 Å². The van der Waals surface area contributed by atoms with Crippen molar-refractivity contribution in [2.24, 2.45) is 4.99 Å². The van der Waals surface area contributed by atoms with Crippen LogP contribution < -0.4 is 4.74 Å². The molecule has 5 heteroatoms. The minimum Gasteiger partial charge on any atom is -0.492 e. The van der Waals surface area contributed by atoms with Crippen LogP contribution in [-0.2, 0) is 0 Å². The zero-order chi connectivity index (χ0) is 12.7. The van der Waals surface area contributed by atoms with Crippen molar-refractivity contribution in [1.82, 2.24) is 0 Å². The van der Waals surface area contributed by atoms with Gasteiger partial charge in [-0.15, -0.1) is 0 Å². The van der Waals surface area contributed by atoms with Crippen LogP contribution in [0.15, 0.2) is 17.1 Å². The van der Waals surface area contributed by atoms with Crippen molar-refractivity contribution in [3.8, 4) is 5.75 Å². The van der Waals surface area contributed by atoms with Gasteiger partial charge >= 0.3 is 0 Å². The first kappa shape index (κ1) is 14.6. The molecule has 0 aromatic heterocycles. The fourth-order valence-corrected chi connectivity index (χ4v) is 1.21. The molecule has 0 saturated carbocycles. The van der Waals surface area contributed by atoms with E-state index in [0.29, 0.717) is 0 Å². The van der Waals surface area contributed by atoms with E-state index in [0.717, 1.165) is 0 Å². The first-order valence-corrected chi connectivity index (χ1v) is 5.07. The van der Waals surface area contributed by atoms with Gasteiger partial charge in [0.25, 0.3) is 0 Å². The molecule has 0 aliphatic rings. The highest BCUT2D eigenvalue weighted by molar-refractivity contribution is 6.32. The Morgan fingerprint density at radius 3 is 2.50 bits per heavy atom. The maximum Gasteiger partial charge on any atom is 0.177 e. The number of benzene rings is 1. The average Bonchev–Trinajstić information content (AvgIpc) is 2.31. The molecule has 88 valence electrons. The average molecular weight is 245 g/mol. The quantitative estimate of drug-likeness (QED) is 0.628. The van der Waals surface area contributed by atoms with Gasteiger partial charge in [-0.05, 0) is 18.9 Å². The Morgan fingerprint density at radius 1 is 1.50 bits per heavy atom. The maximum absolute atomic E-state index is 13.5. The third-order valence-corrected chi connectivity index (χ3v) is 1.96. The lowest BCUT2D eigenvalue weighted by Gasteiger charge is -2.07. The fraction of sp³-hybridized carbons (Fsp3) is 0.273. The summed E-state index contributed by atoms with van der Waals surface area (Å²) in [5.41, 5.74) is 0.0150. The number of ether oxygens (including phenoxy) is 1. The number of hydrogen-bond donors (Lipinski definition) is 1.